The van der Waals surface area contributed by atoms with Gasteiger partial charge >= 0.3 is 5.69 Å². The maximum Gasteiger partial charge on any atom is 0.343 e. The van der Waals surface area contributed by atoms with Crippen LogP contribution in [0.2, 0.25) is 0 Å². The minimum atomic E-state index is -0.240. The monoisotopic (exact) mass is 332 g/mol. The molecule has 3 heterocycles. The van der Waals surface area contributed by atoms with Gasteiger partial charge in [-0.05, 0) is 32.3 Å². The summed E-state index contributed by atoms with van der Waals surface area (Å²) in [5.74, 6) is 1.15. The van der Waals surface area contributed by atoms with Gasteiger partial charge in [-0.2, -0.15) is 10.2 Å². The molecule has 2 aromatic rings. The minimum absolute atomic E-state index is 0.120. The summed E-state index contributed by atoms with van der Waals surface area (Å²) < 4.78 is 3.41. The Balaban J connectivity index is 1.66. The standard InChI is InChI=1S/C16H24N6O2/c1-3-13(22-9-5-8-17-22)15(23)20-10-6-12(7-11-20)14-18-19-16(24)21(14)4-2/h5,8-9,12-13H,3-4,6-7,10-11H2,1-2H3,(H,19,24). The Morgan fingerprint density at radius 3 is 2.71 bits per heavy atom. The van der Waals surface area contributed by atoms with Crippen LogP contribution in [0.3, 0.4) is 0 Å². The average molecular weight is 332 g/mol. The third kappa shape index (κ3) is 3.00. The molecule has 1 amide bonds. The predicted octanol–water partition coefficient (Wildman–Crippen LogP) is 1.15. The first-order valence-electron chi connectivity index (χ1n) is 8.58. The van der Waals surface area contributed by atoms with Gasteiger partial charge in [0.25, 0.3) is 0 Å². The number of nitrogens with zero attached hydrogens (tertiary/aromatic N) is 5. The number of piperidine rings is 1. The van der Waals surface area contributed by atoms with Gasteiger partial charge in [0, 0.05) is 37.9 Å². The zero-order chi connectivity index (χ0) is 17.1. The molecule has 0 spiro atoms. The highest BCUT2D eigenvalue weighted by molar-refractivity contribution is 5.80. The van der Waals surface area contributed by atoms with Crippen molar-refractivity contribution in [1.82, 2.24) is 29.4 Å². The van der Waals surface area contributed by atoms with E-state index in [2.05, 4.69) is 15.3 Å². The number of aromatic nitrogens is 5. The topological polar surface area (TPSA) is 88.8 Å². The molecule has 130 valence electrons. The quantitative estimate of drug-likeness (QED) is 0.889. The number of rotatable bonds is 5. The molecule has 1 saturated heterocycles. The molecule has 8 nitrogen and oxygen atoms in total. The van der Waals surface area contributed by atoms with Gasteiger partial charge in [0.15, 0.2) is 0 Å². The lowest BCUT2D eigenvalue weighted by atomic mass is 9.95. The van der Waals surface area contributed by atoms with E-state index in [9.17, 15) is 9.59 Å². The second kappa shape index (κ2) is 7.02. The number of hydrogen-bond donors (Lipinski definition) is 1. The minimum Gasteiger partial charge on any atom is -0.341 e. The lowest BCUT2D eigenvalue weighted by Gasteiger charge is -2.33. The van der Waals surface area contributed by atoms with E-state index in [0.29, 0.717) is 19.6 Å². The maximum absolute atomic E-state index is 12.8. The number of aromatic amines is 1. The van der Waals surface area contributed by atoms with Crippen molar-refractivity contribution in [3.05, 3.63) is 34.8 Å². The Kier molecular flexibility index (Phi) is 4.82. The molecule has 1 aliphatic heterocycles. The van der Waals surface area contributed by atoms with E-state index in [4.69, 9.17) is 0 Å². The van der Waals surface area contributed by atoms with Crippen molar-refractivity contribution in [3.63, 3.8) is 0 Å². The molecule has 1 N–H and O–H groups in total. The molecule has 24 heavy (non-hydrogen) atoms. The zero-order valence-electron chi connectivity index (χ0n) is 14.2. The second-order valence-corrected chi connectivity index (χ2v) is 6.14. The van der Waals surface area contributed by atoms with Crippen molar-refractivity contribution in [3.8, 4) is 0 Å². The van der Waals surface area contributed by atoms with Crippen molar-refractivity contribution in [2.75, 3.05) is 13.1 Å². The molecule has 0 radical (unpaired) electrons. The SMILES string of the molecule is CCC(C(=O)N1CCC(c2n[nH]c(=O)n2CC)CC1)n1cccn1. The molecule has 2 aromatic heterocycles. The molecular weight excluding hydrogens is 308 g/mol. The lowest BCUT2D eigenvalue weighted by molar-refractivity contribution is -0.136. The van der Waals surface area contributed by atoms with Gasteiger partial charge < -0.3 is 4.90 Å². The van der Waals surface area contributed by atoms with Crippen LogP contribution in [0, 0.1) is 0 Å². The summed E-state index contributed by atoms with van der Waals surface area (Å²) in [5, 5.41) is 10.9. The van der Waals surface area contributed by atoms with Gasteiger partial charge in [0.05, 0.1) is 0 Å². The Hall–Kier alpha value is -2.38. The maximum atomic E-state index is 12.8. The molecular formula is C16H24N6O2. The summed E-state index contributed by atoms with van der Waals surface area (Å²) in [6.07, 6.45) is 5.90. The fraction of sp³-hybridized carbons (Fsp3) is 0.625. The molecule has 1 aliphatic rings. The number of nitrogens with one attached hydrogen (secondary N) is 1. The number of likely N-dealkylation sites (tertiary alicyclic amines) is 1. The number of H-pyrrole nitrogens is 1. The van der Waals surface area contributed by atoms with E-state index < -0.39 is 0 Å². The van der Waals surface area contributed by atoms with Crippen LogP contribution in [0.5, 0.6) is 0 Å². The van der Waals surface area contributed by atoms with Crippen molar-refractivity contribution < 1.29 is 4.79 Å². The molecule has 0 bridgehead atoms. The van der Waals surface area contributed by atoms with E-state index >= 15 is 0 Å². The number of amides is 1. The molecule has 1 fully saturated rings. The van der Waals surface area contributed by atoms with Gasteiger partial charge in [0.1, 0.15) is 11.9 Å². The highest BCUT2D eigenvalue weighted by atomic mass is 16.2. The third-order valence-electron chi connectivity index (χ3n) is 4.79. The first kappa shape index (κ1) is 16.5. The summed E-state index contributed by atoms with van der Waals surface area (Å²) in [4.78, 5) is 26.4. The Morgan fingerprint density at radius 2 is 2.12 bits per heavy atom. The molecule has 1 atom stereocenters. The average Bonchev–Trinajstić information content (AvgIpc) is 3.25. The van der Waals surface area contributed by atoms with Gasteiger partial charge in [-0.1, -0.05) is 6.92 Å². The summed E-state index contributed by atoms with van der Waals surface area (Å²) >= 11 is 0. The predicted molar refractivity (Wildman–Crippen MR) is 88.6 cm³/mol. The summed E-state index contributed by atoms with van der Waals surface area (Å²) in [7, 11) is 0. The van der Waals surface area contributed by atoms with Crippen LogP contribution in [0.25, 0.3) is 0 Å². The fourth-order valence-electron chi connectivity index (χ4n) is 3.46. The molecule has 3 rings (SSSR count). The highest BCUT2D eigenvalue weighted by Gasteiger charge is 2.30. The van der Waals surface area contributed by atoms with Gasteiger partial charge in [-0.3, -0.25) is 14.0 Å². The van der Waals surface area contributed by atoms with E-state index in [-0.39, 0.29) is 23.6 Å². The van der Waals surface area contributed by atoms with Gasteiger partial charge in [-0.25, -0.2) is 9.89 Å². The number of hydrogen-bond acceptors (Lipinski definition) is 4. The van der Waals surface area contributed by atoms with Crippen LogP contribution >= 0.6 is 0 Å². The first-order chi connectivity index (χ1) is 11.7. The van der Waals surface area contributed by atoms with Crippen LogP contribution in [-0.2, 0) is 11.3 Å². The van der Waals surface area contributed by atoms with E-state index in [0.717, 1.165) is 25.1 Å². The van der Waals surface area contributed by atoms with Gasteiger partial charge in [0.2, 0.25) is 5.91 Å². The fourth-order valence-corrected chi connectivity index (χ4v) is 3.46. The van der Waals surface area contributed by atoms with Gasteiger partial charge in [-0.15, -0.1) is 0 Å². The summed E-state index contributed by atoms with van der Waals surface area (Å²) in [6, 6.07) is 1.60. The van der Waals surface area contributed by atoms with Crippen molar-refractivity contribution in [2.45, 2.75) is 51.6 Å². The van der Waals surface area contributed by atoms with E-state index in [1.54, 1.807) is 15.4 Å². The molecule has 8 heteroatoms. The Morgan fingerprint density at radius 1 is 1.38 bits per heavy atom. The van der Waals surface area contributed by atoms with Crippen molar-refractivity contribution in [2.24, 2.45) is 0 Å². The van der Waals surface area contributed by atoms with Crippen molar-refractivity contribution >= 4 is 5.91 Å². The Bertz CT molecular complexity index is 724. The largest absolute Gasteiger partial charge is 0.343 e. The molecule has 0 aromatic carbocycles. The number of carbonyl (C=O) groups excluding carboxylic acids is 1. The van der Waals surface area contributed by atoms with E-state index in [1.807, 2.05) is 31.0 Å². The molecule has 1 unspecified atom stereocenters. The third-order valence-corrected chi connectivity index (χ3v) is 4.79. The van der Waals surface area contributed by atoms with Crippen LogP contribution < -0.4 is 5.69 Å². The van der Waals surface area contributed by atoms with Crippen LogP contribution in [0.15, 0.2) is 23.3 Å². The number of carbonyl (C=O) groups is 1. The highest BCUT2D eigenvalue weighted by Crippen LogP contribution is 2.27. The van der Waals surface area contributed by atoms with Crippen LogP contribution in [-0.4, -0.2) is 48.4 Å². The first-order valence-corrected chi connectivity index (χ1v) is 8.58. The Labute approximate surface area is 140 Å². The molecule has 0 saturated carbocycles. The second-order valence-electron chi connectivity index (χ2n) is 6.14. The van der Waals surface area contributed by atoms with Crippen molar-refractivity contribution in [1.29, 1.82) is 0 Å². The summed E-state index contributed by atoms with van der Waals surface area (Å²) in [5.41, 5.74) is -0.157. The lowest BCUT2D eigenvalue weighted by Crippen LogP contribution is -2.42. The molecule has 0 aliphatic carbocycles. The van der Waals surface area contributed by atoms with Crippen LogP contribution in [0.4, 0.5) is 0 Å². The summed E-state index contributed by atoms with van der Waals surface area (Å²) in [6.45, 7) is 5.93. The smallest absolute Gasteiger partial charge is 0.341 e. The zero-order valence-corrected chi connectivity index (χ0v) is 14.2. The van der Waals surface area contributed by atoms with E-state index in [1.165, 1.54) is 0 Å². The van der Waals surface area contributed by atoms with Crippen LogP contribution in [0.1, 0.15) is 50.9 Å². The normalized spacial score (nSPS) is 17.2.